The van der Waals surface area contributed by atoms with E-state index in [0.29, 0.717) is 54.4 Å². The first-order chi connectivity index (χ1) is 18.7. The van der Waals surface area contributed by atoms with Crippen LogP contribution in [-0.4, -0.2) is 59.8 Å². The highest BCUT2D eigenvalue weighted by Crippen LogP contribution is 2.52. The molecule has 0 amide bonds. The van der Waals surface area contributed by atoms with Gasteiger partial charge in [-0.05, 0) is 48.8 Å². The third-order valence-electron chi connectivity index (χ3n) is 9.38. The van der Waals surface area contributed by atoms with Crippen LogP contribution in [0, 0.1) is 23.2 Å². The molecule has 1 N–H and O–H groups in total. The molecule has 1 unspecified atom stereocenters. The van der Waals surface area contributed by atoms with Crippen molar-refractivity contribution in [3.8, 4) is 11.3 Å². The van der Waals surface area contributed by atoms with Crippen LogP contribution in [0.25, 0.3) is 22.4 Å². The smallest absolute Gasteiger partial charge is 0.172 e. The lowest BCUT2D eigenvalue weighted by Crippen LogP contribution is -2.24. The molecule has 39 heavy (non-hydrogen) atoms. The Kier molecular flexibility index (Phi) is 6.92. The predicted molar refractivity (Wildman–Crippen MR) is 158 cm³/mol. The lowest BCUT2D eigenvalue weighted by Gasteiger charge is -2.22. The molecule has 6 rings (SSSR count). The van der Waals surface area contributed by atoms with Gasteiger partial charge in [-0.2, -0.15) is 0 Å². The Labute approximate surface area is 232 Å². The third kappa shape index (κ3) is 5.19. The summed E-state index contributed by atoms with van der Waals surface area (Å²) in [5, 5.41) is 9.52. The molecule has 1 aliphatic heterocycles. The Balaban J connectivity index is 1.30. The van der Waals surface area contributed by atoms with Crippen molar-refractivity contribution >= 4 is 30.7 Å². The molecule has 1 aromatic carbocycles. The van der Waals surface area contributed by atoms with E-state index in [0.717, 1.165) is 56.1 Å². The van der Waals surface area contributed by atoms with Crippen LogP contribution in [0.3, 0.4) is 0 Å². The number of benzene rings is 1. The van der Waals surface area contributed by atoms with Crippen LogP contribution >= 0.6 is 0 Å². The molecule has 208 valence electrons. The third-order valence-corrected chi connectivity index (χ3v) is 11.1. The van der Waals surface area contributed by atoms with Gasteiger partial charge in [-0.1, -0.05) is 51.5 Å². The van der Waals surface area contributed by atoms with E-state index < -0.39 is 8.07 Å². The van der Waals surface area contributed by atoms with Crippen LogP contribution in [0.1, 0.15) is 43.0 Å². The van der Waals surface area contributed by atoms with Gasteiger partial charge in [0.25, 0.3) is 0 Å². The predicted octanol–water partition coefficient (Wildman–Crippen LogP) is 5.85. The second-order valence-corrected chi connectivity index (χ2v) is 19.1. The molecule has 0 spiro atoms. The Morgan fingerprint density at radius 3 is 2.62 bits per heavy atom. The SMILES string of the molecule is CC1(C(=O)c2cn(COCC[Si](C)(C)C)c3ncc(-c4cccc(N5C[C@@H]6C(CO)[C@@H]6C5)c4)nc23)CCCC1. The summed E-state index contributed by atoms with van der Waals surface area (Å²) in [4.78, 5) is 26.2. The van der Waals surface area contributed by atoms with E-state index in [4.69, 9.17) is 14.7 Å². The summed E-state index contributed by atoms with van der Waals surface area (Å²) in [6.07, 6.45) is 7.81. The highest BCUT2D eigenvalue weighted by Gasteiger charge is 2.55. The maximum atomic E-state index is 13.9. The number of carbonyl (C=O) groups excluding carboxylic acids is 1. The quantitative estimate of drug-likeness (QED) is 0.195. The van der Waals surface area contributed by atoms with Crippen LogP contribution in [0.2, 0.25) is 25.7 Å². The summed E-state index contributed by atoms with van der Waals surface area (Å²) in [6.45, 7) is 12.6. The van der Waals surface area contributed by atoms with Gasteiger partial charge in [0.15, 0.2) is 11.4 Å². The standard InChI is InChI=1S/C31H42N4O3Si/c1-31(10-5-6-11-31)29(37)25-18-35(20-38-12-13-39(2,3)4)30-28(25)33-27(15-32-30)21-8-7-9-22(14-21)34-16-23-24(17-34)26(23)19-36/h7-9,14-15,18,23-24,26,36H,5-6,10-13,16-17,19-20H2,1-4H3/t23-,24+,26?. The first-order valence-electron chi connectivity index (χ1n) is 14.6. The van der Waals surface area contributed by atoms with Gasteiger partial charge in [-0.15, -0.1) is 0 Å². The molecular formula is C31H42N4O3Si. The highest BCUT2D eigenvalue weighted by atomic mass is 28.3. The lowest BCUT2D eigenvalue weighted by molar-refractivity contribution is 0.0818. The van der Waals surface area contributed by atoms with Gasteiger partial charge in [0, 0.05) is 57.2 Å². The van der Waals surface area contributed by atoms with Gasteiger partial charge >= 0.3 is 0 Å². The molecule has 2 aromatic heterocycles. The number of ketones is 1. The van der Waals surface area contributed by atoms with Crippen molar-refractivity contribution < 1.29 is 14.6 Å². The number of ether oxygens (including phenoxy) is 1. The van der Waals surface area contributed by atoms with Crippen molar-refractivity contribution in [3.63, 3.8) is 0 Å². The molecular weight excluding hydrogens is 504 g/mol. The topological polar surface area (TPSA) is 80.5 Å². The number of hydrogen-bond donors (Lipinski definition) is 1. The number of fused-ring (bicyclic) bond motifs is 2. The zero-order valence-corrected chi connectivity index (χ0v) is 24.8. The lowest BCUT2D eigenvalue weighted by atomic mass is 9.81. The van der Waals surface area contributed by atoms with Crippen molar-refractivity contribution in [2.75, 3.05) is 31.2 Å². The normalized spacial score (nSPS) is 23.9. The Bertz CT molecular complexity index is 1360. The average molecular weight is 547 g/mol. The molecule has 2 saturated carbocycles. The summed E-state index contributed by atoms with van der Waals surface area (Å²) in [7, 11) is -1.19. The van der Waals surface area contributed by atoms with Crippen molar-refractivity contribution in [2.45, 2.75) is 65.0 Å². The summed E-state index contributed by atoms with van der Waals surface area (Å²) in [6, 6.07) is 9.58. The zero-order valence-electron chi connectivity index (χ0n) is 23.8. The fraction of sp³-hybridized carbons (Fsp3) is 0.581. The van der Waals surface area contributed by atoms with E-state index in [1.807, 2.05) is 17.0 Å². The summed E-state index contributed by atoms with van der Waals surface area (Å²) < 4.78 is 8.03. The van der Waals surface area contributed by atoms with Gasteiger partial charge < -0.3 is 19.3 Å². The molecule has 8 heteroatoms. The average Bonchev–Trinajstić information content (AvgIpc) is 3.31. The number of Topliss-reactive ketones (excluding diaryl/α,β-unsaturated/α-hetero) is 1. The molecule has 3 aromatic rings. The fourth-order valence-electron chi connectivity index (χ4n) is 6.70. The van der Waals surface area contributed by atoms with Crippen molar-refractivity contribution in [3.05, 3.63) is 42.2 Å². The maximum Gasteiger partial charge on any atom is 0.172 e. The second kappa shape index (κ2) is 10.1. The second-order valence-electron chi connectivity index (χ2n) is 13.5. The number of piperidine rings is 1. The Morgan fingerprint density at radius 2 is 1.92 bits per heavy atom. The number of carbonyl (C=O) groups is 1. The van der Waals surface area contributed by atoms with E-state index in [-0.39, 0.29) is 11.2 Å². The van der Waals surface area contributed by atoms with Gasteiger partial charge in [-0.25, -0.2) is 9.97 Å². The van der Waals surface area contributed by atoms with Gasteiger partial charge in [-0.3, -0.25) is 4.79 Å². The van der Waals surface area contributed by atoms with E-state index in [1.54, 1.807) is 0 Å². The number of anilines is 1. The minimum atomic E-state index is -1.19. The molecule has 3 heterocycles. The number of hydrogen-bond acceptors (Lipinski definition) is 6. The fourth-order valence-corrected chi connectivity index (χ4v) is 7.45. The highest BCUT2D eigenvalue weighted by molar-refractivity contribution is 6.76. The van der Waals surface area contributed by atoms with Crippen LogP contribution in [-0.2, 0) is 11.5 Å². The molecule has 3 atom stereocenters. The van der Waals surface area contributed by atoms with Gasteiger partial charge in [0.05, 0.1) is 17.5 Å². The van der Waals surface area contributed by atoms with Gasteiger partial charge in [0.2, 0.25) is 0 Å². The zero-order chi connectivity index (χ0) is 27.4. The monoisotopic (exact) mass is 546 g/mol. The van der Waals surface area contributed by atoms with Crippen molar-refractivity contribution in [2.24, 2.45) is 23.2 Å². The van der Waals surface area contributed by atoms with Crippen molar-refractivity contribution in [1.82, 2.24) is 14.5 Å². The molecule has 1 saturated heterocycles. The van der Waals surface area contributed by atoms with Gasteiger partial charge in [0.1, 0.15) is 12.2 Å². The molecule has 0 radical (unpaired) electrons. The number of aromatic nitrogens is 3. The number of nitrogens with zero attached hydrogens (tertiary/aromatic N) is 4. The van der Waals surface area contributed by atoms with Crippen LogP contribution in [0.15, 0.2) is 36.7 Å². The van der Waals surface area contributed by atoms with E-state index in [2.05, 4.69) is 55.7 Å². The summed E-state index contributed by atoms with van der Waals surface area (Å²) >= 11 is 0. The maximum absolute atomic E-state index is 13.9. The van der Waals surface area contributed by atoms with E-state index >= 15 is 0 Å². The van der Waals surface area contributed by atoms with E-state index in [9.17, 15) is 9.90 Å². The summed E-state index contributed by atoms with van der Waals surface area (Å²) in [5.74, 6) is 1.90. The Morgan fingerprint density at radius 1 is 1.18 bits per heavy atom. The summed E-state index contributed by atoms with van der Waals surface area (Å²) in [5.41, 5.74) is 4.69. The first kappa shape index (κ1) is 26.7. The van der Waals surface area contributed by atoms with Crippen molar-refractivity contribution in [1.29, 1.82) is 0 Å². The van der Waals surface area contributed by atoms with Crippen LogP contribution < -0.4 is 4.90 Å². The molecule has 3 aliphatic rings. The first-order valence-corrected chi connectivity index (χ1v) is 18.3. The molecule has 0 bridgehead atoms. The largest absolute Gasteiger partial charge is 0.396 e. The minimum absolute atomic E-state index is 0.181. The number of aliphatic hydroxyl groups excluding tert-OH is 1. The molecule has 3 fully saturated rings. The minimum Gasteiger partial charge on any atom is -0.396 e. The number of rotatable bonds is 10. The van der Waals surface area contributed by atoms with Crippen LogP contribution in [0.5, 0.6) is 0 Å². The molecule has 7 nitrogen and oxygen atoms in total. The molecule has 2 aliphatic carbocycles. The Hall–Kier alpha value is -2.55. The van der Waals surface area contributed by atoms with E-state index in [1.165, 1.54) is 5.69 Å². The van der Waals surface area contributed by atoms with Crippen LogP contribution in [0.4, 0.5) is 5.69 Å². The number of aliphatic hydroxyl groups is 1.